The molecule has 0 radical (unpaired) electrons. The molecule has 2 aromatic rings. The van der Waals surface area contributed by atoms with Crippen molar-refractivity contribution in [2.24, 2.45) is 5.73 Å². The van der Waals surface area contributed by atoms with E-state index in [9.17, 15) is 0 Å². The van der Waals surface area contributed by atoms with Crippen LogP contribution in [-0.4, -0.2) is 14.8 Å². The second-order valence-corrected chi connectivity index (χ2v) is 6.21. The fraction of sp³-hybridized carbons (Fsp3) is 0.538. The van der Waals surface area contributed by atoms with Crippen molar-refractivity contribution in [3.8, 4) is 10.6 Å². The zero-order valence-electron chi connectivity index (χ0n) is 10.8. The molecule has 0 saturated heterocycles. The molecule has 0 bridgehead atoms. The Bertz CT molecular complexity index is 555. The summed E-state index contributed by atoms with van der Waals surface area (Å²) in [4.78, 5) is 6.08. The molecule has 0 spiro atoms. The number of nitrogens with zero attached hydrogens (tertiary/aromatic N) is 3. The van der Waals surface area contributed by atoms with E-state index in [2.05, 4.69) is 25.1 Å². The van der Waals surface area contributed by atoms with Crippen LogP contribution in [0.4, 0.5) is 0 Å². The van der Waals surface area contributed by atoms with Gasteiger partial charge in [-0.1, -0.05) is 0 Å². The monoisotopic (exact) mass is 262 g/mol. The van der Waals surface area contributed by atoms with Gasteiger partial charge < -0.3 is 5.73 Å². The van der Waals surface area contributed by atoms with E-state index in [1.807, 2.05) is 10.9 Å². The van der Waals surface area contributed by atoms with Crippen LogP contribution in [0.5, 0.6) is 0 Å². The van der Waals surface area contributed by atoms with Crippen LogP contribution in [-0.2, 0) is 6.42 Å². The zero-order valence-corrected chi connectivity index (χ0v) is 11.6. The van der Waals surface area contributed by atoms with Gasteiger partial charge in [0.2, 0.25) is 0 Å². The molecule has 18 heavy (non-hydrogen) atoms. The predicted octanol–water partition coefficient (Wildman–Crippen LogP) is 2.92. The summed E-state index contributed by atoms with van der Waals surface area (Å²) in [7, 11) is 0. The predicted molar refractivity (Wildman–Crippen MR) is 73.6 cm³/mol. The van der Waals surface area contributed by atoms with E-state index in [1.54, 1.807) is 11.3 Å². The number of aryl methyl sites for hydroxylation is 1. The molecule has 0 amide bonds. The van der Waals surface area contributed by atoms with Crippen molar-refractivity contribution in [1.29, 1.82) is 0 Å². The van der Waals surface area contributed by atoms with Crippen LogP contribution in [0, 0.1) is 0 Å². The first-order valence-electron chi connectivity index (χ1n) is 6.45. The van der Waals surface area contributed by atoms with Gasteiger partial charge in [0.25, 0.3) is 0 Å². The summed E-state index contributed by atoms with van der Waals surface area (Å²) in [5.74, 6) is 0. The molecule has 2 heterocycles. The number of hydrogen-bond acceptors (Lipinski definition) is 4. The largest absolute Gasteiger partial charge is 0.323 e. The topological polar surface area (TPSA) is 56.7 Å². The van der Waals surface area contributed by atoms with E-state index < -0.39 is 0 Å². The second kappa shape index (κ2) is 4.48. The zero-order chi connectivity index (χ0) is 12.7. The van der Waals surface area contributed by atoms with Gasteiger partial charge in [-0.25, -0.2) is 4.98 Å². The summed E-state index contributed by atoms with van der Waals surface area (Å²) in [6.45, 7) is 4.25. The summed E-state index contributed by atoms with van der Waals surface area (Å²) >= 11 is 1.77. The summed E-state index contributed by atoms with van der Waals surface area (Å²) in [6, 6.07) is 0.509. The van der Waals surface area contributed by atoms with Crippen molar-refractivity contribution in [2.75, 3.05) is 0 Å². The van der Waals surface area contributed by atoms with Crippen molar-refractivity contribution in [3.05, 3.63) is 23.0 Å². The van der Waals surface area contributed by atoms with Crippen LogP contribution in [0.15, 0.2) is 12.4 Å². The van der Waals surface area contributed by atoms with Gasteiger partial charge in [-0.3, -0.25) is 4.68 Å². The Morgan fingerprint density at radius 1 is 1.50 bits per heavy atom. The molecule has 1 aliphatic carbocycles. The summed E-state index contributed by atoms with van der Waals surface area (Å²) in [6.07, 6.45) is 7.33. The molecule has 0 aromatic carbocycles. The van der Waals surface area contributed by atoms with Gasteiger partial charge in [-0.05, 0) is 33.1 Å². The second-order valence-electron chi connectivity index (χ2n) is 5.13. The number of thiazole rings is 1. The minimum absolute atomic E-state index is 0.124. The maximum Gasteiger partial charge on any atom is 0.127 e. The molecule has 0 fully saturated rings. The third kappa shape index (κ3) is 1.97. The van der Waals surface area contributed by atoms with E-state index in [4.69, 9.17) is 10.7 Å². The SMILES string of the molecule is CC(C)n1cc(-c2nc3c(s2)CCCC3N)cn1. The van der Waals surface area contributed by atoms with Crippen molar-refractivity contribution in [1.82, 2.24) is 14.8 Å². The van der Waals surface area contributed by atoms with Gasteiger partial charge in [0.1, 0.15) is 5.01 Å². The summed E-state index contributed by atoms with van der Waals surface area (Å²) < 4.78 is 1.97. The lowest BCUT2D eigenvalue weighted by molar-refractivity contribution is 0.532. The third-order valence-electron chi connectivity index (χ3n) is 3.38. The van der Waals surface area contributed by atoms with Crippen molar-refractivity contribution < 1.29 is 0 Å². The molecule has 0 aliphatic heterocycles. The summed E-state index contributed by atoms with van der Waals surface area (Å²) in [5, 5.41) is 5.43. The van der Waals surface area contributed by atoms with E-state index >= 15 is 0 Å². The Balaban J connectivity index is 1.96. The number of aromatic nitrogens is 3. The standard InChI is InChI=1S/C13H18N4S/c1-8(2)17-7-9(6-15-17)13-16-12-10(14)4-3-5-11(12)18-13/h6-8,10H,3-5,14H2,1-2H3. The van der Waals surface area contributed by atoms with E-state index in [-0.39, 0.29) is 6.04 Å². The highest BCUT2D eigenvalue weighted by Crippen LogP contribution is 2.36. The molecule has 2 aromatic heterocycles. The Morgan fingerprint density at radius 2 is 2.33 bits per heavy atom. The average molecular weight is 262 g/mol. The van der Waals surface area contributed by atoms with Crippen molar-refractivity contribution in [3.63, 3.8) is 0 Å². The Kier molecular flexibility index (Phi) is 2.95. The molecule has 0 saturated carbocycles. The maximum atomic E-state index is 6.11. The fourth-order valence-corrected chi connectivity index (χ4v) is 3.45. The van der Waals surface area contributed by atoms with Crippen LogP contribution >= 0.6 is 11.3 Å². The molecule has 1 unspecified atom stereocenters. The minimum atomic E-state index is 0.124. The molecular formula is C13H18N4S. The fourth-order valence-electron chi connectivity index (χ4n) is 2.31. The first kappa shape index (κ1) is 11.9. The first-order valence-corrected chi connectivity index (χ1v) is 7.26. The normalized spacial score (nSPS) is 19.2. The number of hydrogen-bond donors (Lipinski definition) is 1. The van der Waals surface area contributed by atoms with Crippen molar-refractivity contribution >= 4 is 11.3 Å². The number of nitrogens with two attached hydrogens (primary N) is 1. The molecule has 4 nitrogen and oxygen atoms in total. The highest BCUT2D eigenvalue weighted by atomic mass is 32.1. The van der Waals surface area contributed by atoms with Crippen LogP contribution in [0.25, 0.3) is 10.6 Å². The summed E-state index contributed by atoms with van der Waals surface area (Å²) in [5.41, 5.74) is 8.33. The van der Waals surface area contributed by atoms with E-state index in [0.29, 0.717) is 6.04 Å². The minimum Gasteiger partial charge on any atom is -0.323 e. The molecule has 2 N–H and O–H groups in total. The number of rotatable bonds is 2. The Labute approximate surface area is 111 Å². The molecule has 3 rings (SSSR count). The Hall–Kier alpha value is -1.20. The molecule has 1 aliphatic rings. The smallest absolute Gasteiger partial charge is 0.127 e. The van der Waals surface area contributed by atoms with Gasteiger partial charge in [0.05, 0.1) is 11.9 Å². The first-order chi connectivity index (χ1) is 8.65. The molecular weight excluding hydrogens is 244 g/mol. The quantitative estimate of drug-likeness (QED) is 0.905. The van der Waals surface area contributed by atoms with Crippen molar-refractivity contribution in [2.45, 2.75) is 45.2 Å². The van der Waals surface area contributed by atoms with Gasteiger partial charge in [-0.15, -0.1) is 11.3 Å². The lowest BCUT2D eigenvalue weighted by Crippen LogP contribution is -2.16. The van der Waals surface area contributed by atoms with Crippen LogP contribution < -0.4 is 5.73 Å². The van der Waals surface area contributed by atoms with Crippen LogP contribution in [0.1, 0.15) is 49.3 Å². The molecule has 1 atom stereocenters. The molecule has 5 heteroatoms. The lowest BCUT2D eigenvalue weighted by atomic mass is 9.99. The average Bonchev–Trinajstić information content (AvgIpc) is 2.95. The van der Waals surface area contributed by atoms with E-state index in [1.165, 1.54) is 11.3 Å². The highest BCUT2D eigenvalue weighted by Gasteiger charge is 2.22. The molecule has 96 valence electrons. The third-order valence-corrected chi connectivity index (χ3v) is 4.56. The highest BCUT2D eigenvalue weighted by molar-refractivity contribution is 7.15. The van der Waals surface area contributed by atoms with Gasteiger partial charge in [0.15, 0.2) is 0 Å². The lowest BCUT2D eigenvalue weighted by Gasteiger charge is -2.15. The maximum absolute atomic E-state index is 6.11. The number of fused-ring (bicyclic) bond motifs is 1. The Morgan fingerprint density at radius 3 is 3.00 bits per heavy atom. The van der Waals surface area contributed by atoms with Gasteiger partial charge >= 0.3 is 0 Å². The van der Waals surface area contributed by atoms with Crippen LogP contribution in [0.3, 0.4) is 0 Å². The van der Waals surface area contributed by atoms with E-state index in [0.717, 1.165) is 29.1 Å². The van der Waals surface area contributed by atoms with Crippen LogP contribution in [0.2, 0.25) is 0 Å². The van der Waals surface area contributed by atoms with Gasteiger partial charge in [0, 0.05) is 28.7 Å². The van der Waals surface area contributed by atoms with Gasteiger partial charge in [-0.2, -0.15) is 5.10 Å².